The Morgan fingerprint density at radius 3 is 1.55 bits per heavy atom. The second kappa shape index (κ2) is 13.8. The minimum atomic E-state index is -1.17. The molecule has 0 heterocycles. The van der Waals surface area contributed by atoms with Crippen molar-refractivity contribution < 1.29 is 9.26 Å². The number of likely N-dealkylation sites (N-methyl/N-ethyl adjacent to an activating group) is 1. The van der Waals surface area contributed by atoms with Crippen molar-refractivity contribution >= 4 is 37.4 Å². The number of rotatable bonds is 11. The molecule has 40 heavy (non-hydrogen) atoms. The molecular weight excluding hydrogens is 528 g/mol. The monoisotopic (exact) mass is 563 g/mol. The van der Waals surface area contributed by atoms with Crippen molar-refractivity contribution in [1.29, 1.82) is 0 Å². The van der Waals surface area contributed by atoms with Gasteiger partial charge in [-0.3, -0.25) is 4.67 Å². The van der Waals surface area contributed by atoms with E-state index in [4.69, 9.17) is 9.26 Å². The van der Waals surface area contributed by atoms with E-state index >= 15 is 0 Å². The summed E-state index contributed by atoms with van der Waals surface area (Å²) in [4.78, 5) is 0. The zero-order chi connectivity index (χ0) is 27.7. The van der Waals surface area contributed by atoms with E-state index in [1.807, 2.05) is 12.1 Å². The lowest BCUT2D eigenvalue weighted by Gasteiger charge is -2.39. The molecule has 202 valence electrons. The highest BCUT2D eigenvalue weighted by Gasteiger charge is 2.33. The molecule has 3 atom stereocenters. The van der Waals surface area contributed by atoms with Crippen molar-refractivity contribution in [2.45, 2.75) is 19.1 Å². The molecule has 0 aliphatic heterocycles. The zero-order valence-electron chi connectivity index (χ0n) is 23.2. The van der Waals surface area contributed by atoms with Crippen molar-refractivity contribution in [2.75, 3.05) is 14.2 Å². The molecule has 5 aromatic rings. The van der Waals surface area contributed by atoms with Crippen LogP contribution in [0.3, 0.4) is 0 Å². The van der Waals surface area contributed by atoms with Crippen molar-refractivity contribution in [2.24, 2.45) is 0 Å². The number of hydrogen-bond acceptors (Lipinski definition) is 3. The Balaban J connectivity index is 1.58. The summed E-state index contributed by atoms with van der Waals surface area (Å²) in [6.07, 6.45) is -0.181. The first-order chi connectivity index (χ1) is 19.7. The van der Waals surface area contributed by atoms with Gasteiger partial charge in [-0.15, -0.1) is 0 Å². The van der Waals surface area contributed by atoms with Gasteiger partial charge in [0.25, 0.3) is 0 Å². The lowest BCUT2D eigenvalue weighted by molar-refractivity contribution is 0.154. The van der Waals surface area contributed by atoms with Gasteiger partial charge in [0.05, 0.1) is 15.3 Å². The van der Waals surface area contributed by atoms with Gasteiger partial charge in [-0.05, 0) is 42.3 Å². The average Bonchev–Trinajstić information content (AvgIpc) is 3.03. The summed E-state index contributed by atoms with van der Waals surface area (Å²) in [6.45, 7) is 2.29. The van der Waals surface area contributed by atoms with Gasteiger partial charge in [0.15, 0.2) is 0 Å². The third-order valence-electron chi connectivity index (χ3n) is 6.99. The first-order valence-electron chi connectivity index (χ1n) is 13.5. The third-order valence-corrected chi connectivity index (χ3v) is 11.6. The number of methoxy groups -OCH3 is 1. The number of ether oxygens (including phenoxy) is 1. The second-order valence-corrected chi connectivity index (χ2v) is 13.6. The highest BCUT2D eigenvalue weighted by Crippen LogP contribution is 2.48. The van der Waals surface area contributed by atoms with E-state index in [1.54, 1.807) is 7.11 Å². The SMILES string of the molecule is COc1ccccc1P(O[C@@H](c1ccccc1)[C@@H](C)N(C)P(c1ccccc1)c1ccccc1)c1ccccc1. The summed E-state index contributed by atoms with van der Waals surface area (Å²) in [5, 5.41) is 4.88. The van der Waals surface area contributed by atoms with E-state index in [9.17, 15) is 0 Å². The van der Waals surface area contributed by atoms with Gasteiger partial charge in [-0.25, -0.2) is 0 Å². The summed E-state index contributed by atoms with van der Waals surface area (Å²) in [7, 11) is 2.02. The van der Waals surface area contributed by atoms with Crippen LogP contribution in [0, 0.1) is 0 Å². The van der Waals surface area contributed by atoms with Crippen LogP contribution in [-0.4, -0.2) is 24.9 Å². The minimum absolute atomic E-state index is 0.0670. The molecule has 0 radical (unpaired) electrons. The molecule has 0 aromatic heterocycles. The van der Waals surface area contributed by atoms with Crippen LogP contribution in [0.1, 0.15) is 18.6 Å². The molecule has 5 heteroatoms. The quantitative estimate of drug-likeness (QED) is 0.159. The second-order valence-electron chi connectivity index (χ2n) is 9.54. The summed E-state index contributed by atoms with van der Waals surface area (Å²) in [5.74, 6) is 0.848. The van der Waals surface area contributed by atoms with Crippen LogP contribution in [0.4, 0.5) is 0 Å². The Kier molecular flexibility index (Phi) is 9.76. The van der Waals surface area contributed by atoms with E-state index < -0.39 is 16.2 Å². The van der Waals surface area contributed by atoms with Crippen LogP contribution in [0.5, 0.6) is 5.75 Å². The topological polar surface area (TPSA) is 21.7 Å². The lowest BCUT2D eigenvalue weighted by Crippen LogP contribution is -2.37. The standard InChI is InChI=1S/C35H35NO2P2/c1-28(36(2)39(30-20-10-5-11-21-30)31-22-12-6-13-23-31)35(29-18-8-4-9-19-29)38-40(32-24-14-7-15-25-32)34-27-17-16-26-33(34)37-3/h4-28,35H,1-3H3/t28-,35-,40?/m1/s1. The first kappa shape index (κ1) is 28.2. The highest BCUT2D eigenvalue weighted by molar-refractivity contribution is 7.70. The molecule has 3 nitrogen and oxygen atoms in total. The Bertz CT molecular complexity index is 1410. The fourth-order valence-electron chi connectivity index (χ4n) is 4.83. The molecule has 0 fully saturated rings. The van der Waals surface area contributed by atoms with Gasteiger partial charge in [0.1, 0.15) is 11.9 Å². The van der Waals surface area contributed by atoms with Crippen LogP contribution in [0.2, 0.25) is 0 Å². The Labute approximate surface area is 241 Å². The van der Waals surface area contributed by atoms with Gasteiger partial charge >= 0.3 is 0 Å². The van der Waals surface area contributed by atoms with E-state index in [1.165, 1.54) is 10.6 Å². The highest BCUT2D eigenvalue weighted by atomic mass is 31.1. The van der Waals surface area contributed by atoms with E-state index in [-0.39, 0.29) is 12.1 Å². The molecule has 0 saturated heterocycles. The Morgan fingerprint density at radius 2 is 1.02 bits per heavy atom. The molecule has 1 unspecified atom stereocenters. The fourth-order valence-corrected chi connectivity index (χ4v) is 9.32. The molecule has 5 rings (SSSR count). The molecule has 0 bridgehead atoms. The number of para-hydroxylation sites is 1. The summed E-state index contributed by atoms with van der Waals surface area (Å²) >= 11 is 0. The zero-order valence-corrected chi connectivity index (χ0v) is 25.0. The van der Waals surface area contributed by atoms with Crippen LogP contribution >= 0.6 is 16.2 Å². The van der Waals surface area contributed by atoms with Crippen LogP contribution < -0.4 is 26.0 Å². The number of benzene rings is 5. The lowest BCUT2D eigenvalue weighted by atomic mass is 10.0. The van der Waals surface area contributed by atoms with Crippen LogP contribution in [0.25, 0.3) is 0 Å². The predicted molar refractivity (Wildman–Crippen MR) is 172 cm³/mol. The third kappa shape index (κ3) is 6.52. The van der Waals surface area contributed by atoms with Crippen molar-refractivity contribution in [3.05, 3.63) is 151 Å². The summed E-state index contributed by atoms with van der Waals surface area (Å²) < 4.78 is 15.6. The largest absolute Gasteiger partial charge is 0.496 e. The van der Waals surface area contributed by atoms with Gasteiger partial charge in [-0.1, -0.05) is 133 Å². The number of hydrogen-bond donors (Lipinski definition) is 0. The van der Waals surface area contributed by atoms with Crippen molar-refractivity contribution in [3.63, 3.8) is 0 Å². The smallest absolute Gasteiger partial charge is 0.129 e. The molecule has 0 aliphatic rings. The summed E-state index contributed by atoms with van der Waals surface area (Å²) in [6, 6.07) is 51.1. The van der Waals surface area contributed by atoms with Crippen LogP contribution in [0.15, 0.2) is 146 Å². The molecule has 0 N–H and O–H groups in total. The van der Waals surface area contributed by atoms with Crippen LogP contribution in [-0.2, 0) is 4.52 Å². The maximum atomic E-state index is 7.31. The molecule has 0 aliphatic carbocycles. The van der Waals surface area contributed by atoms with Crippen molar-refractivity contribution in [1.82, 2.24) is 4.67 Å². The summed E-state index contributed by atoms with van der Waals surface area (Å²) in [5.41, 5.74) is 1.16. The fraction of sp³-hybridized carbons (Fsp3) is 0.143. The average molecular weight is 564 g/mol. The van der Waals surface area contributed by atoms with Gasteiger partial charge in [0.2, 0.25) is 0 Å². The molecule has 0 spiro atoms. The van der Waals surface area contributed by atoms with Gasteiger partial charge < -0.3 is 9.26 Å². The molecular formula is C35H35NO2P2. The first-order valence-corrected chi connectivity index (χ1v) is 16.1. The van der Waals surface area contributed by atoms with E-state index in [2.05, 4.69) is 152 Å². The molecule has 5 aromatic carbocycles. The van der Waals surface area contributed by atoms with E-state index in [0.717, 1.165) is 21.9 Å². The van der Waals surface area contributed by atoms with Gasteiger partial charge in [-0.2, -0.15) is 0 Å². The predicted octanol–water partition coefficient (Wildman–Crippen LogP) is 7.17. The minimum Gasteiger partial charge on any atom is -0.496 e. The normalized spacial score (nSPS) is 13.6. The number of nitrogens with zero attached hydrogens (tertiary/aromatic N) is 1. The molecule has 0 saturated carbocycles. The maximum Gasteiger partial charge on any atom is 0.129 e. The van der Waals surface area contributed by atoms with E-state index in [0.29, 0.717) is 0 Å². The maximum absolute atomic E-state index is 7.31. The Hall–Kier alpha value is -3.32. The molecule has 0 amide bonds. The Morgan fingerprint density at radius 1 is 0.575 bits per heavy atom. The van der Waals surface area contributed by atoms with Crippen molar-refractivity contribution in [3.8, 4) is 5.75 Å². The van der Waals surface area contributed by atoms with Gasteiger partial charge in [0, 0.05) is 24.7 Å².